The maximum atomic E-state index is 3.95. The molecular weight excluding hydrogens is 230 g/mol. The molecule has 1 unspecified atom stereocenters. The second-order valence-corrected chi connectivity index (χ2v) is 8.02. The lowest BCUT2D eigenvalue weighted by Crippen LogP contribution is -2.55. The quantitative estimate of drug-likeness (QED) is 0.616. The SMILES string of the molecule is CCCCCC(C)(C)CNC1CCC12CCCCC2. The first kappa shape index (κ1) is 15.4. The van der Waals surface area contributed by atoms with E-state index in [0.29, 0.717) is 5.41 Å². The van der Waals surface area contributed by atoms with Gasteiger partial charge in [0.05, 0.1) is 0 Å². The van der Waals surface area contributed by atoms with Crippen molar-refractivity contribution in [1.29, 1.82) is 0 Å². The molecule has 2 aliphatic rings. The highest BCUT2D eigenvalue weighted by Crippen LogP contribution is 2.51. The average molecular weight is 265 g/mol. The van der Waals surface area contributed by atoms with E-state index >= 15 is 0 Å². The summed E-state index contributed by atoms with van der Waals surface area (Å²) in [6, 6.07) is 0.846. The first-order valence-electron chi connectivity index (χ1n) is 8.81. The van der Waals surface area contributed by atoms with Crippen LogP contribution in [0.25, 0.3) is 0 Å². The number of unbranched alkanes of at least 4 members (excludes halogenated alkanes) is 2. The Morgan fingerprint density at radius 2 is 1.79 bits per heavy atom. The van der Waals surface area contributed by atoms with Crippen LogP contribution in [0.15, 0.2) is 0 Å². The van der Waals surface area contributed by atoms with Gasteiger partial charge in [0.1, 0.15) is 0 Å². The largest absolute Gasteiger partial charge is 0.313 e. The fraction of sp³-hybridized carbons (Fsp3) is 1.00. The lowest BCUT2D eigenvalue weighted by molar-refractivity contribution is 0.0174. The zero-order chi connectivity index (χ0) is 13.8. The van der Waals surface area contributed by atoms with Crippen molar-refractivity contribution in [3.05, 3.63) is 0 Å². The molecule has 0 aromatic heterocycles. The average Bonchev–Trinajstić information content (AvgIpc) is 2.38. The molecule has 0 amide bonds. The molecule has 2 aliphatic carbocycles. The zero-order valence-electron chi connectivity index (χ0n) is 13.6. The number of hydrogen-bond donors (Lipinski definition) is 1. The van der Waals surface area contributed by atoms with Gasteiger partial charge in [-0.3, -0.25) is 0 Å². The molecule has 2 saturated carbocycles. The molecule has 0 heterocycles. The molecule has 0 bridgehead atoms. The Bertz CT molecular complexity index is 263. The van der Waals surface area contributed by atoms with Gasteiger partial charge in [0.25, 0.3) is 0 Å². The fourth-order valence-electron chi connectivity index (χ4n) is 4.21. The fourth-order valence-corrected chi connectivity index (χ4v) is 4.21. The molecule has 0 aromatic rings. The molecule has 19 heavy (non-hydrogen) atoms. The molecule has 2 fully saturated rings. The van der Waals surface area contributed by atoms with Crippen LogP contribution < -0.4 is 5.32 Å². The third-order valence-corrected chi connectivity index (χ3v) is 5.80. The summed E-state index contributed by atoms with van der Waals surface area (Å²) in [6.07, 6.45) is 15.9. The van der Waals surface area contributed by atoms with Gasteiger partial charge in [0.15, 0.2) is 0 Å². The Kier molecular flexibility index (Phi) is 5.34. The summed E-state index contributed by atoms with van der Waals surface area (Å²) in [7, 11) is 0. The van der Waals surface area contributed by atoms with E-state index in [1.54, 1.807) is 0 Å². The predicted molar refractivity (Wildman–Crippen MR) is 84.5 cm³/mol. The summed E-state index contributed by atoms with van der Waals surface area (Å²) in [5.74, 6) is 0. The molecule has 0 radical (unpaired) electrons. The van der Waals surface area contributed by atoms with Gasteiger partial charge in [-0.05, 0) is 42.9 Å². The second-order valence-electron chi connectivity index (χ2n) is 8.02. The summed E-state index contributed by atoms with van der Waals surface area (Å²) < 4.78 is 0. The molecule has 1 atom stereocenters. The molecule has 0 aromatic carbocycles. The van der Waals surface area contributed by atoms with E-state index in [4.69, 9.17) is 0 Å². The van der Waals surface area contributed by atoms with Crippen molar-refractivity contribution in [2.75, 3.05) is 6.54 Å². The van der Waals surface area contributed by atoms with Crippen molar-refractivity contribution in [3.8, 4) is 0 Å². The van der Waals surface area contributed by atoms with Crippen LogP contribution in [0.2, 0.25) is 0 Å². The highest BCUT2D eigenvalue weighted by molar-refractivity contribution is 5.02. The van der Waals surface area contributed by atoms with Crippen LogP contribution in [0.3, 0.4) is 0 Å². The molecule has 1 N–H and O–H groups in total. The molecule has 1 nitrogen and oxygen atoms in total. The Labute approximate surface area is 120 Å². The minimum Gasteiger partial charge on any atom is -0.313 e. The third kappa shape index (κ3) is 3.97. The smallest absolute Gasteiger partial charge is 0.0124 e. The van der Waals surface area contributed by atoms with Crippen LogP contribution in [0, 0.1) is 10.8 Å². The highest BCUT2D eigenvalue weighted by atomic mass is 15.0. The van der Waals surface area contributed by atoms with Crippen LogP contribution in [-0.2, 0) is 0 Å². The van der Waals surface area contributed by atoms with Gasteiger partial charge in [-0.1, -0.05) is 59.3 Å². The van der Waals surface area contributed by atoms with Crippen LogP contribution in [0.1, 0.15) is 91.4 Å². The van der Waals surface area contributed by atoms with Gasteiger partial charge in [0.2, 0.25) is 0 Å². The van der Waals surface area contributed by atoms with Gasteiger partial charge in [-0.2, -0.15) is 0 Å². The molecule has 2 rings (SSSR count). The minimum absolute atomic E-state index is 0.487. The molecular formula is C18H35N. The van der Waals surface area contributed by atoms with Crippen molar-refractivity contribution in [1.82, 2.24) is 5.32 Å². The number of hydrogen-bond acceptors (Lipinski definition) is 1. The summed E-state index contributed by atoms with van der Waals surface area (Å²) in [6.45, 7) is 8.42. The van der Waals surface area contributed by atoms with Crippen LogP contribution >= 0.6 is 0 Å². The highest BCUT2D eigenvalue weighted by Gasteiger charge is 2.46. The molecule has 0 saturated heterocycles. The second kappa shape index (κ2) is 6.61. The van der Waals surface area contributed by atoms with Crippen molar-refractivity contribution >= 4 is 0 Å². The van der Waals surface area contributed by atoms with Crippen LogP contribution in [0.4, 0.5) is 0 Å². The Balaban J connectivity index is 1.72. The first-order chi connectivity index (χ1) is 9.08. The standard InChI is InChI=1S/C18H35N/c1-4-5-7-11-17(2,3)15-19-16-10-14-18(16)12-8-6-9-13-18/h16,19H,4-15H2,1-3H3. The molecule has 0 aliphatic heterocycles. The topological polar surface area (TPSA) is 12.0 Å². The van der Waals surface area contributed by atoms with Gasteiger partial charge in [0, 0.05) is 12.6 Å². The Hall–Kier alpha value is -0.0400. The van der Waals surface area contributed by atoms with E-state index in [0.717, 1.165) is 11.5 Å². The van der Waals surface area contributed by atoms with E-state index in [9.17, 15) is 0 Å². The van der Waals surface area contributed by atoms with Crippen molar-refractivity contribution in [2.24, 2.45) is 10.8 Å². The van der Waals surface area contributed by atoms with E-state index in [2.05, 4.69) is 26.1 Å². The van der Waals surface area contributed by atoms with Crippen molar-refractivity contribution in [2.45, 2.75) is 97.4 Å². The molecule has 112 valence electrons. The summed E-state index contributed by atoms with van der Waals surface area (Å²) in [5, 5.41) is 3.95. The van der Waals surface area contributed by atoms with Crippen LogP contribution in [-0.4, -0.2) is 12.6 Å². The van der Waals surface area contributed by atoms with E-state index in [1.165, 1.54) is 77.2 Å². The maximum absolute atomic E-state index is 3.95. The van der Waals surface area contributed by atoms with Crippen LogP contribution in [0.5, 0.6) is 0 Å². The number of rotatable bonds is 7. The van der Waals surface area contributed by atoms with E-state index in [-0.39, 0.29) is 0 Å². The van der Waals surface area contributed by atoms with Gasteiger partial charge < -0.3 is 5.32 Å². The van der Waals surface area contributed by atoms with Gasteiger partial charge >= 0.3 is 0 Å². The monoisotopic (exact) mass is 265 g/mol. The first-order valence-corrected chi connectivity index (χ1v) is 8.81. The maximum Gasteiger partial charge on any atom is 0.0124 e. The normalized spacial score (nSPS) is 26.4. The third-order valence-electron chi connectivity index (χ3n) is 5.80. The minimum atomic E-state index is 0.487. The zero-order valence-corrected chi connectivity index (χ0v) is 13.6. The Morgan fingerprint density at radius 1 is 1.05 bits per heavy atom. The van der Waals surface area contributed by atoms with Crippen molar-refractivity contribution in [3.63, 3.8) is 0 Å². The number of nitrogens with one attached hydrogen (secondary N) is 1. The van der Waals surface area contributed by atoms with Gasteiger partial charge in [-0.25, -0.2) is 0 Å². The van der Waals surface area contributed by atoms with E-state index in [1.807, 2.05) is 0 Å². The summed E-state index contributed by atoms with van der Waals surface area (Å²) in [4.78, 5) is 0. The Morgan fingerprint density at radius 3 is 2.37 bits per heavy atom. The lowest BCUT2D eigenvalue weighted by Gasteiger charge is -2.53. The van der Waals surface area contributed by atoms with E-state index < -0.39 is 0 Å². The lowest BCUT2D eigenvalue weighted by atomic mass is 9.57. The van der Waals surface area contributed by atoms with Crippen molar-refractivity contribution < 1.29 is 0 Å². The molecule has 1 spiro atoms. The van der Waals surface area contributed by atoms with Gasteiger partial charge in [-0.15, -0.1) is 0 Å². The summed E-state index contributed by atoms with van der Waals surface area (Å²) >= 11 is 0. The summed E-state index contributed by atoms with van der Waals surface area (Å²) in [5.41, 5.74) is 1.21. The predicted octanol–water partition coefficient (Wildman–Crippen LogP) is 5.30. The molecule has 1 heteroatoms.